The molecule has 5 nitrogen and oxygen atoms in total. The van der Waals surface area contributed by atoms with Crippen LogP contribution in [0.1, 0.15) is 47.0 Å². The molecule has 1 amide bonds. The Morgan fingerprint density at radius 3 is 2.48 bits per heavy atom. The number of nitrogens with zero attached hydrogens (tertiary/aromatic N) is 1. The Morgan fingerprint density at radius 2 is 1.90 bits per heavy atom. The van der Waals surface area contributed by atoms with E-state index in [1.807, 2.05) is 18.7 Å². The van der Waals surface area contributed by atoms with E-state index in [1.165, 1.54) is 20.0 Å². The van der Waals surface area contributed by atoms with Gasteiger partial charge < -0.3 is 10.1 Å². The molecular formula is C16H30N2O3. The molecule has 1 saturated carbocycles. The molecule has 1 fully saturated rings. The van der Waals surface area contributed by atoms with Gasteiger partial charge in [-0.05, 0) is 32.1 Å². The van der Waals surface area contributed by atoms with Crippen LogP contribution in [0.3, 0.4) is 0 Å². The van der Waals surface area contributed by atoms with Crippen LogP contribution in [0.25, 0.3) is 0 Å². The predicted molar refractivity (Wildman–Crippen MR) is 82.8 cm³/mol. The summed E-state index contributed by atoms with van der Waals surface area (Å²) in [6.45, 7) is 8.80. The van der Waals surface area contributed by atoms with Gasteiger partial charge in [0.25, 0.3) is 0 Å². The number of methoxy groups -OCH3 is 1. The number of hydrogen-bond donors (Lipinski definition) is 1. The number of carbonyl (C=O) groups excluding carboxylic acids is 2. The molecule has 0 aromatic heterocycles. The van der Waals surface area contributed by atoms with E-state index in [4.69, 9.17) is 0 Å². The summed E-state index contributed by atoms with van der Waals surface area (Å²) < 4.78 is 4.68. The number of hydrogen-bond acceptors (Lipinski definition) is 4. The van der Waals surface area contributed by atoms with Crippen molar-refractivity contribution in [2.45, 2.75) is 59.0 Å². The number of carbonyl (C=O) groups is 2. The van der Waals surface area contributed by atoms with E-state index in [2.05, 4.69) is 23.9 Å². The fourth-order valence-corrected chi connectivity index (χ4v) is 2.87. The highest BCUT2D eigenvalue weighted by Gasteiger charge is 2.28. The summed E-state index contributed by atoms with van der Waals surface area (Å²) in [5.41, 5.74) is 0. The molecule has 0 aliphatic heterocycles. The van der Waals surface area contributed by atoms with Gasteiger partial charge >= 0.3 is 5.97 Å². The Labute approximate surface area is 128 Å². The van der Waals surface area contributed by atoms with Crippen molar-refractivity contribution in [2.75, 3.05) is 20.2 Å². The highest BCUT2D eigenvalue weighted by Crippen LogP contribution is 2.29. The quantitative estimate of drug-likeness (QED) is 0.760. The average Bonchev–Trinajstić information content (AvgIpc) is 2.42. The summed E-state index contributed by atoms with van der Waals surface area (Å²) in [7, 11) is 1.37. The highest BCUT2D eigenvalue weighted by molar-refractivity contribution is 5.79. The number of ether oxygens (including phenoxy) is 1. The fraction of sp³-hybridized carbons (Fsp3) is 0.875. The van der Waals surface area contributed by atoms with Crippen LogP contribution in [-0.4, -0.2) is 49.1 Å². The number of nitrogens with one attached hydrogen (secondary N) is 1. The van der Waals surface area contributed by atoms with Crippen molar-refractivity contribution >= 4 is 11.9 Å². The topological polar surface area (TPSA) is 58.6 Å². The lowest BCUT2D eigenvalue weighted by Crippen LogP contribution is -2.49. The summed E-state index contributed by atoms with van der Waals surface area (Å²) in [6.07, 6.45) is 3.47. The van der Waals surface area contributed by atoms with E-state index in [1.54, 1.807) is 0 Å². The van der Waals surface area contributed by atoms with Gasteiger partial charge in [0.2, 0.25) is 5.91 Å². The van der Waals surface area contributed by atoms with Gasteiger partial charge in [-0.3, -0.25) is 14.5 Å². The lowest BCUT2D eigenvalue weighted by atomic mass is 9.78. The van der Waals surface area contributed by atoms with Gasteiger partial charge in [-0.1, -0.05) is 26.7 Å². The molecule has 0 heterocycles. The maximum absolute atomic E-state index is 12.2. The van der Waals surface area contributed by atoms with Crippen LogP contribution in [-0.2, 0) is 14.3 Å². The fourth-order valence-electron chi connectivity index (χ4n) is 2.87. The average molecular weight is 298 g/mol. The van der Waals surface area contributed by atoms with E-state index in [9.17, 15) is 9.59 Å². The van der Waals surface area contributed by atoms with E-state index in [-0.39, 0.29) is 37.0 Å². The predicted octanol–water partition coefficient (Wildman–Crippen LogP) is 1.81. The summed E-state index contributed by atoms with van der Waals surface area (Å²) in [6, 6.07) is 0.381. The molecular weight excluding hydrogens is 268 g/mol. The molecule has 1 N–H and O–H groups in total. The molecule has 0 saturated heterocycles. The number of amides is 1. The van der Waals surface area contributed by atoms with Crippen LogP contribution in [0.5, 0.6) is 0 Å². The van der Waals surface area contributed by atoms with Gasteiger partial charge in [-0.15, -0.1) is 0 Å². The standard InChI is InChI=1S/C16H30N2O3/c1-11(2)18(10-16(20)21-5)9-15(19)17-14-8-6-7-12(3)13(14)4/h11-14H,6-10H2,1-5H3,(H,17,19). The molecule has 0 aromatic carbocycles. The molecule has 0 spiro atoms. The van der Waals surface area contributed by atoms with E-state index < -0.39 is 0 Å². The van der Waals surface area contributed by atoms with Crippen LogP contribution in [0.4, 0.5) is 0 Å². The lowest BCUT2D eigenvalue weighted by Gasteiger charge is -2.35. The first-order valence-electron chi connectivity index (χ1n) is 7.95. The lowest BCUT2D eigenvalue weighted by molar-refractivity contribution is -0.142. The normalized spacial score (nSPS) is 26.0. The minimum absolute atomic E-state index is 0.00134. The molecule has 21 heavy (non-hydrogen) atoms. The summed E-state index contributed by atoms with van der Waals surface area (Å²) in [5, 5.41) is 3.14. The van der Waals surface area contributed by atoms with Crippen molar-refractivity contribution in [1.29, 1.82) is 0 Å². The monoisotopic (exact) mass is 298 g/mol. The minimum atomic E-state index is -0.309. The molecule has 0 radical (unpaired) electrons. The van der Waals surface area contributed by atoms with Crippen molar-refractivity contribution in [2.24, 2.45) is 11.8 Å². The first-order valence-corrected chi connectivity index (χ1v) is 7.95. The molecule has 3 atom stereocenters. The summed E-state index contributed by atoms with van der Waals surface area (Å²) in [4.78, 5) is 25.5. The molecule has 3 unspecified atom stereocenters. The van der Waals surface area contributed by atoms with Crippen molar-refractivity contribution < 1.29 is 14.3 Å². The van der Waals surface area contributed by atoms with Gasteiger partial charge in [0.05, 0.1) is 20.2 Å². The summed E-state index contributed by atoms with van der Waals surface area (Å²) >= 11 is 0. The van der Waals surface area contributed by atoms with Crippen molar-refractivity contribution in [3.8, 4) is 0 Å². The molecule has 1 aliphatic carbocycles. The zero-order valence-electron chi connectivity index (χ0n) is 14.0. The Balaban J connectivity index is 2.51. The highest BCUT2D eigenvalue weighted by atomic mass is 16.5. The third-order valence-corrected chi connectivity index (χ3v) is 4.69. The Morgan fingerprint density at radius 1 is 1.24 bits per heavy atom. The van der Waals surface area contributed by atoms with Crippen molar-refractivity contribution in [3.63, 3.8) is 0 Å². The minimum Gasteiger partial charge on any atom is -0.468 e. The van der Waals surface area contributed by atoms with Gasteiger partial charge in [-0.2, -0.15) is 0 Å². The molecule has 5 heteroatoms. The van der Waals surface area contributed by atoms with Crippen LogP contribution in [0.15, 0.2) is 0 Å². The van der Waals surface area contributed by atoms with Crippen LogP contribution in [0, 0.1) is 11.8 Å². The van der Waals surface area contributed by atoms with Crippen molar-refractivity contribution in [3.05, 3.63) is 0 Å². The zero-order chi connectivity index (χ0) is 16.0. The van der Waals surface area contributed by atoms with Gasteiger partial charge in [0, 0.05) is 12.1 Å². The molecule has 1 rings (SSSR count). The van der Waals surface area contributed by atoms with Crippen LogP contribution in [0.2, 0.25) is 0 Å². The third-order valence-electron chi connectivity index (χ3n) is 4.69. The maximum atomic E-state index is 12.2. The Kier molecular flexibility index (Phi) is 7.15. The second kappa shape index (κ2) is 8.37. The van der Waals surface area contributed by atoms with Gasteiger partial charge in [-0.25, -0.2) is 0 Å². The number of esters is 1. The van der Waals surface area contributed by atoms with E-state index >= 15 is 0 Å². The van der Waals surface area contributed by atoms with Crippen LogP contribution >= 0.6 is 0 Å². The first kappa shape index (κ1) is 18.0. The van der Waals surface area contributed by atoms with Gasteiger partial charge in [0.1, 0.15) is 0 Å². The Hall–Kier alpha value is -1.10. The third kappa shape index (κ3) is 5.65. The van der Waals surface area contributed by atoms with Crippen molar-refractivity contribution in [1.82, 2.24) is 10.2 Å². The zero-order valence-corrected chi connectivity index (χ0v) is 14.0. The maximum Gasteiger partial charge on any atom is 0.319 e. The first-order chi connectivity index (χ1) is 9.85. The Bertz CT molecular complexity index is 357. The summed E-state index contributed by atoms with van der Waals surface area (Å²) in [5.74, 6) is 0.853. The number of rotatable bonds is 6. The molecule has 0 aromatic rings. The SMILES string of the molecule is COC(=O)CN(CC(=O)NC1CCCC(C)C1C)C(C)C. The largest absolute Gasteiger partial charge is 0.468 e. The van der Waals surface area contributed by atoms with Crippen LogP contribution < -0.4 is 5.32 Å². The molecule has 0 bridgehead atoms. The molecule has 1 aliphatic rings. The molecule has 122 valence electrons. The van der Waals surface area contributed by atoms with E-state index in [0.717, 1.165) is 6.42 Å². The van der Waals surface area contributed by atoms with E-state index in [0.29, 0.717) is 11.8 Å². The smallest absolute Gasteiger partial charge is 0.319 e. The second-order valence-electron chi connectivity index (χ2n) is 6.52. The van der Waals surface area contributed by atoms with Gasteiger partial charge in [0.15, 0.2) is 0 Å². The second-order valence-corrected chi connectivity index (χ2v) is 6.52.